The van der Waals surface area contributed by atoms with E-state index in [1.807, 2.05) is 6.07 Å². The highest BCUT2D eigenvalue weighted by atomic mass is 16.7. The summed E-state index contributed by atoms with van der Waals surface area (Å²) in [7, 11) is 0. The Morgan fingerprint density at radius 3 is 2.92 bits per heavy atom. The van der Waals surface area contributed by atoms with Crippen molar-refractivity contribution in [2.45, 2.75) is 20.3 Å². The normalized spacial score (nSPS) is 13.5. The van der Waals surface area contributed by atoms with Crippen molar-refractivity contribution in [3.8, 4) is 11.5 Å². The molecule has 0 saturated heterocycles. The van der Waals surface area contributed by atoms with Gasteiger partial charge in [-0.3, -0.25) is 0 Å². The highest BCUT2D eigenvalue weighted by Crippen LogP contribution is 2.36. The van der Waals surface area contributed by atoms with Crippen LogP contribution in [0, 0.1) is 6.92 Å². The van der Waals surface area contributed by atoms with Gasteiger partial charge in [0.15, 0.2) is 11.5 Å². The summed E-state index contributed by atoms with van der Waals surface area (Å²) in [5.74, 6) is 1.80. The van der Waals surface area contributed by atoms with Gasteiger partial charge < -0.3 is 9.47 Å². The van der Waals surface area contributed by atoms with Gasteiger partial charge in [0.25, 0.3) is 0 Å². The molecule has 0 N–H and O–H groups in total. The monoisotopic (exact) mass is 164 g/mol. The Morgan fingerprint density at radius 2 is 2.17 bits per heavy atom. The minimum absolute atomic E-state index is 0.364. The molecule has 0 amide bonds. The molecule has 1 aromatic carbocycles. The van der Waals surface area contributed by atoms with Gasteiger partial charge in [0.2, 0.25) is 6.79 Å². The minimum Gasteiger partial charge on any atom is -0.454 e. The standard InChI is InChI=1S/C10H12O2/c1-3-8-4-5-9-10(7(8)2)12-6-11-9/h4-5H,3,6H2,1-2H3. The number of ether oxygens (including phenoxy) is 2. The summed E-state index contributed by atoms with van der Waals surface area (Å²) in [6.07, 6.45) is 1.04. The van der Waals surface area contributed by atoms with E-state index in [4.69, 9.17) is 9.47 Å². The molecule has 1 aliphatic rings. The van der Waals surface area contributed by atoms with Crippen LogP contribution in [0.4, 0.5) is 0 Å². The van der Waals surface area contributed by atoms with Crippen LogP contribution in [-0.4, -0.2) is 6.79 Å². The highest BCUT2D eigenvalue weighted by Gasteiger charge is 2.16. The second kappa shape index (κ2) is 2.70. The van der Waals surface area contributed by atoms with Crippen molar-refractivity contribution >= 4 is 0 Å². The van der Waals surface area contributed by atoms with Crippen molar-refractivity contribution in [2.75, 3.05) is 6.79 Å². The van der Waals surface area contributed by atoms with Gasteiger partial charge in [0.05, 0.1) is 0 Å². The predicted octanol–water partition coefficient (Wildman–Crippen LogP) is 2.29. The minimum atomic E-state index is 0.364. The van der Waals surface area contributed by atoms with Crippen LogP contribution in [0.15, 0.2) is 12.1 Å². The van der Waals surface area contributed by atoms with E-state index < -0.39 is 0 Å². The zero-order chi connectivity index (χ0) is 8.55. The number of rotatable bonds is 1. The lowest BCUT2D eigenvalue weighted by molar-refractivity contribution is 0.173. The van der Waals surface area contributed by atoms with Crippen molar-refractivity contribution in [3.05, 3.63) is 23.3 Å². The molecule has 0 aliphatic carbocycles. The van der Waals surface area contributed by atoms with Crippen LogP contribution >= 0.6 is 0 Å². The van der Waals surface area contributed by atoms with Crippen LogP contribution in [-0.2, 0) is 6.42 Å². The molecule has 0 aromatic heterocycles. The molecule has 2 heteroatoms. The molecule has 2 nitrogen and oxygen atoms in total. The Labute approximate surface area is 72.1 Å². The Balaban J connectivity index is 2.54. The maximum absolute atomic E-state index is 5.35. The van der Waals surface area contributed by atoms with E-state index >= 15 is 0 Å². The Bertz CT molecular complexity index is 305. The molecule has 12 heavy (non-hydrogen) atoms. The lowest BCUT2D eigenvalue weighted by Gasteiger charge is -2.05. The van der Waals surface area contributed by atoms with Crippen molar-refractivity contribution in [1.82, 2.24) is 0 Å². The fraction of sp³-hybridized carbons (Fsp3) is 0.400. The summed E-state index contributed by atoms with van der Waals surface area (Å²) in [4.78, 5) is 0. The summed E-state index contributed by atoms with van der Waals surface area (Å²) >= 11 is 0. The molecule has 0 bridgehead atoms. The number of hydrogen-bond acceptors (Lipinski definition) is 2. The molecule has 1 aromatic rings. The van der Waals surface area contributed by atoms with Crippen molar-refractivity contribution in [1.29, 1.82) is 0 Å². The second-order valence-corrected chi connectivity index (χ2v) is 2.94. The summed E-state index contributed by atoms with van der Waals surface area (Å²) in [6.45, 7) is 4.58. The van der Waals surface area contributed by atoms with Gasteiger partial charge in [-0.25, -0.2) is 0 Å². The van der Waals surface area contributed by atoms with E-state index in [2.05, 4.69) is 19.9 Å². The number of fused-ring (bicyclic) bond motifs is 1. The smallest absolute Gasteiger partial charge is 0.231 e. The third-order valence-corrected chi connectivity index (χ3v) is 2.28. The predicted molar refractivity (Wildman–Crippen MR) is 46.7 cm³/mol. The lowest BCUT2D eigenvalue weighted by Crippen LogP contribution is -1.94. The summed E-state index contributed by atoms with van der Waals surface area (Å²) in [5, 5.41) is 0. The van der Waals surface area contributed by atoms with Crippen LogP contribution in [0.25, 0.3) is 0 Å². The Hall–Kier alpha value is -1.18. The van der Waals surface area contributed by atoms with Crippen LogP contribution in [0.1, 0.15) is 18.1 Å². The van der Waals surface area contributed by atoms with Crippen LogP contribution in [0.5, 0.6) is 11.5 Å². The molecule has 0 saturated carbocycles. The first-order valence-corrected chi connectivity index (χ1v) is 4.21. The Morgan fingerprint density at radius 1 is 1.33 bits per heavy atom. The van der Waals surface area contributed by atoms with Crippen LogP contribution < -0.4 is 9.47 Å². The molecule has 0 radical (unpaired) electrons. The maximum atomic E-state index is 5.35. The van der Waals surface area contributed by atoms with Gasteiger partial charge in [-0.1, -0.05) is 13.0 Å². The molecule has 0 unspecified atom stereocenters. The lowest BCUT2D eigenvalue weighted by atomic mass is 10.1. The second-order valence-electron chi connectivity index (χ2n) is 2.94. The summed E-state index contributed by atoms with van der Waals surface area (Å²) in [5.41, 5.74) is 2.55. The highest BCUT2D eigenvalue weighted by molar-refractivity contribution is 5.51. The van der Waals surface area contributed by atoms with Crippen molar-refractivity contribution < 1.29 is 9.47 Å². The zero-order valence-corrected chi connectivity index (χ0v) is 7.39. The summed E-state index contributed by atoms with van der Waals surface area (Å²) < 4.78 is 10.6. The fourth-order valence-corrected chi connectivity index (χ4v) is 1.54. The van der Waals surface area contributed by atoms with Gasteiger partial charge in [0, 0.05) is 0 Å². The van der Waals surface area contributed by atoms with E-state index in [0.717, 1.165) is 17.9 Å². The third-order valence-electron chi connectivity index (χ3n) is 2.28. The topological polar surface area (TPSA) is 18.5 Å². The molecular formula is C10H12O2. The van der Waals surface area contributed by atoms with Gasteiger partial charge in [-0.05, 0) is 30.5 Å². The first-order valence-electron chi connectivity index (χ1n) is 4.21. The van der Waals surface area contributed by atoms with Crippen LogP contribution in [0.3, 0.4) is 0 Å². The first-order chi connectivity index (χ1) is 5.83. The molecule has 1 aliphatic heterocycles. The quantitative estimate of drug-likeness (QED) is 0.634. The molecule has 0 atom stereocenters. The van der Waals surface area contributed by atoms with Gasteiger partial charge in [0.1, 0.15) is 0 Å². The molecule has 0 spiro atoms. The average Bonchev–Trinajstić information content (AvgIpc) is 2.53. The van der Waals surface area contributed by atoms with E-state index in [1.165, 1.54) is 11.1 Å². The SMILES string of the molecule is CCc1ccc2c(c1C)OCO2. The molecule has 1 heterocycles. The first kappa shape index (κ1) is 7.47. The molecule has 2 rings (SSSR count). The molecule has 0 fully saturated rings. The molecule has 64 valence electrons. The van der Waals surface area contributed by atoms with E-state index in [1.54, 1.807) is 0 Å². The van der Waals surface area contributed by atoms with Gasteiger partial charge >= 0.3 is 0 Å². The van der Waals surface area contributed by atoms with Crippen molar-refractivity contribution in [2.24, 2.45) is 0 Å². The third kappa shape index (κ3) is 0.951. The van der Waals surface area contributed by atoms with E-state index in [9.17, 15) is 0 Å². The number of aryl methyl sites for hydroxylation is 1. The van der Waals surface area contributed by atoms with Crippen LogP contribution in [0.2, 0.25) is 0 Å². The van der Waals surface area contributed by atoms with Gasteiger partial charge in [-0.2, -0.15) is 0 Å². The number of benzene rings is 1. The zero-order valence-electron chi connectivity index (χ0n) is 7.39. The molecular weight excluding hydrogens is 152 g/mol. The maximum Gasteiger partial charge on any atom is 0.231 e. The van der Waals surface area contributed by atoms with E-state index in [0.29, 0.717) is 6.79 Å². The average molecular weight is 164 g/mol. The Kier molecular flexibility index (Phi) is 1.68. The van der Waals surface area contributed by atoms with Gasteiger partial charge in [-0.15, -0.1) is 0 Å². The van der Waals surface area contributed by atoms with Crippen molar-refractivity contribution in [3.63, 3.8) is 0 Å². The fourth-order valence-electron chi connectivity index (χ4n) is 1.54. The number of hydrogen-bond donors (Lipinski definition) is 0. The largest absolute Gasteiger partial charge is 0.454 e. The summed E-state index contributed by atoms with van der Waals surface area (Å²) in [6, 6.07) is 4.08. The van der Waals surface area contributed by atoms with E-state index in [-0.39, 0.29) is 0 Å².